The lowest BCUT2D eigenvalue weighted by molar-refractivity contribution is -0.117. The van der Waals surface area contributed by atoms with Gasteiger partial charge in [0, 0.05) is 30.4 Å². The second kappa shape index (κ2) is 7.18. The predicted molar refractivity (Wildman–Crippen MR) is 76.6 cm³/mol. The maximum absolute atomic E-state index is 11.8. The third-order valence-corrected chi connectivity index (χ3v) is 4.50. The van der Waals surface area contributed by atoms with Crippen LogP contribution in [-0.2, 0) is 4.79 Å². The summed E-state index contributed by atoms with van der Waals surface area (Å²) in [6.45, 7) is 3.74. The topological polar surface area (TPSA) is 78.4 Å². The number of hydrogen-bond acceptors (Lipinski definition) is 7. The highest BCUT2D eigenvalue weighted by molar-refractivity contribution is 7.99. The second-order valence-corrected chi connectivity index (χ2v) is 6.27. The number of likely N-dealkylation sites (tertiary alicyclic amines) is 1. The molecule has 0 unspecified atom stereocenters. The lowest BCUT2D eigenvalue weighted by Gasteiger charge is -2.13. The van der Waals surface area contributed by atoms with Crippen molar-refractivity contribution in [1.29, 1.82) is 0 Å². The first-order valence-corrected chi connectivity index (χ1v) is 8.10. The number of aliphatic hydroxyl groups excluding tert-OH is 1. The molecule has 2 N–H and O–H groups in total. The Kier molecular flexibility index (Phi) is 5.56. The molecule has 1 atom stereocenters. The van der Waals surface area contributed by atoms with Crippen LogP contribution < -0.4 is 5.32 Å². The highest BCUT2D eigenvalue weighted by atomic mass is 32.2. The van der Waals surface area contributed by atoms with E-state index >= 15 is 0 Å². The van der Waals surface area contributed by atoms with Crippen molar-refractivity contribution in [3.8, 4) is 0 Å². The van der Waals surface area contributed by atoms with Gasteiger partial charge in [-0.05, 0) is 12.8 Å². The molecule has 0 aromatic carbocycles. The first-order valence-electron chi connectivity index (χ1n) is 6.34. The number of carbonyl (C=O) groups is 1. The molecule has 19 heavy (non-hydrogen) atoms. The van der Waals surface area contributed by atoms with Crippen molar-refractivity contribution in [3.63, 3.8) is 0 Å². The van der Waals surface area contributed by atoms with Crippen LogP contribution in [0, 0.1) is 0 Å². The Balaban J connectivity index is 1.77. The number of hydrogen-bond donors (Lipinski definition) is 2. The SMILES string of the molecule is CCCSc1nsc(NC(=O)CN2CC[C@@H](O)C2)n1. The fraction of sp³-hybridized carbons (Fsp3) is 0.727. The highest BCUT2D eigenvalue weighted by Crippen LogP contribution is 2.20. The molecule has 0 saturated carbocycles. The van der Waals surface area contributed by atoms with Gasteiger partial charge in [-0.2, -0.15) is 9.36 Å². The number of carbonyl (C=O) groups excluding carboxylic acids is 1. The van der Waals surface area contributed by atoms with Crippen LogP contribution in [0.3, 0.4) is 0 Å². The van der Waals surface area contributed by atoms with Crippen molar-refractivity contribution in [2.24, 2.45) is 0 Å². The van der Waals surface area contributed by atoms with E-state index in [1.54, 1.807) is 11.8 Å². The summed E-state index contributed by atoms with van der Waals surface area (Å²) in [5.74, 6) is 0.882. The molecule has 0 aliphatic carbocycles. The second-order valence-electron chi connectivity index (χ2n) is 4.46. The predicted octanol–water partition coefficient (Wildman–Crippen LogP) is 1.05. The largest absolute Gasteiger partial charge is 0.392 e. The normalized spacial score (nSPS) is 19.8. The zero-order chi connectivity index (χ0) is 13.7. The molecule has 1 aromatic heterocycles. The van der Waals surface area contributed by atoms with Gasteiger partial charge in [0.2, 0.25) is 16.2 Å². The van der Waals surface area contributed by atoms with Crippen molar-refractivity contribution in [3.05, 3.63) is 0 Å². The number of nitrogens with one attached hydrogen (secondary N) is 1. The summed E-state index contributed by atoms with van der Waals surface area (Å²) in [4.78, 5) is 18.0. The fourth-order valence-corrected chi connectivity index (χ4v) is 3.25. The van der Waals surface area contributed by atoms with Gasteiger partial charge in [0.05, 0.1) is 12.6 Å². The van der Waals surface area contributed by atoms with Gasteiger partial charge in [-0.3, -0.25) is 15.0 Å². The van der Waals surface area contributed by atoms with E-state index in [2.05, 4.69) is 21.6 Å². The molecule has 1 aliphatic rings. The molecule has 1 saturated heterocycles. The van der Waals surface area contributed by atoms with Crippen molar-refractivity contribution in [2.45, 2.75) is 31.0 Å². The van der Waals surface area contributed by atoms with E-state index < -0.39 is 0 Å². The Morgan fingerprint density at radius 1 is 1.68 bits per heavy atom. The molecular formula is C11H18N4O2S2. The van der Waals surface area contributed by atoms with Crippen LogP contribution >= 0.6 is 23.3 Å². The van der Waals surface area contributed by atoms with Gasteiger partial charge in [-0.25, -0.2) is 0 Å². The monoisotopic (exact) mass is 302 g/mol. The van der Waals surface area contributed by atoms with E-state index in [-0.39, 0.29) is 12.0 Å². The Labute approximate surface area is 120 Å². The van der Waals surface area contributed by atoms with E-state index in [0.29, 0.717) is 18.2 Å². The first-order chi connectivity index (χ1) is 9.17. The molecule has 6 nitrogen and oxygen atoms in total. The molecule has 1 aromatic rings. The van der Waals surface area contributed by atoms with E-state index in [9.17, 15) is 9.90 Å². The Morgan fingerprint density at radius 3 is 3.21 bits per heavy atom. The number of β-amino-alcohol motifs (C(OH)–C–C–N with tert-alkyl or cyclic N) is 1. The van der Waals surface area contributed by atoms with Crippen LogP contribution in [0.2, 0.25) is 0 Å². The Bertz CT molecular complexity index is 427. The molecule has 8 heteroatoms. The standard InChI is InChI=1S/C11H18N4O2S2/c1-2-5-18-11-13-10(19-14-11)12-9(17)7-15-4-3-8(16)6-15/h8,16H,2-7H2,1H3,(H,12,13,14,17)/t8-/m1/s1. The van der Waals surface area contributed by atoms with Crippen LogP contribution in [0.5, 0.6) is 0 Å². The van der Waals surface area contributed by atoms with Crippen molar-refractivity contribution in [1.82, 2.24) is 14.3 Å². The van der Waals surface area contributed by atoms with E-state index in [0.717, 1.165) is 30.3 Å². The van der Waals surface area contributed by atoms with Crippen LogP contribution in [0.25, 0.3) is 0 Å². The zero-order valence-corrected chi connectivity index (χ0v) is 12.5. The molecule has 0 bridgehead atoms. The number of amides is 1. The molecule has 1 aliphatic heterocycles. The highest BCUT2D eigenvalue weighted by Gasteiger charge is 2.22. The molecular weight excluding hydrogens is 284 g/mol. The van der Waals surface area contributed by atoms with Crippen LogP contribution in [0.4, 0.5) is 5.13 Å². The molecule has 0 radical (unpaired) electrons. The van der Waals surface area contributed by atoms with Gasteiger partial charge < -0.3 is 5.11 Å². The summed E-state index contributed by atoms with van der Waals surface area (Å²) in [6, 6.07) is 0. The van der Waals surface area contributed by atoms with E-state index in [1.165, 1.54) is 11.5 Å². The average Bonchev–Trinajstić information content (AvgIpc) is 2.96. The minimum absolute atomic E-state index is 0.0997. The maximum Gasteiger partial charge on any atom is 0.240 e. The zero-order valence-electron chi connectivity index (χ0n) is 10.8. The summed E-state index contributed by atoms with van der Waals surface area (Å²) in [6.07, 6.45) is 1.51. The lowest BCUT2D eigenvalue weighted by atomic mass is 10.3. The molecule has 0 spiro atoms. The minimum atomic E-state index is -0.300. The number of thioether (sulfide) groups is 1. The molecule has 2 rings (SSSR count). The summed E-state index contributed by atoms with van der Waals surface area (Å²) in [7, 11) is 0. The summed E-state index contributed by atoms with van der Waals surface area (Å²) < 4.78 is 4.18. The third-order valence-electron chi connectivity index (χ3n) is 2.70. The Morgan fingerprint density at radius 2 is 2.53 bits per heavy atom. The third kappa shape index (κ3) is 4.72. The average molecular weight is 302 g/mol. The molecule has 1 amide bonds. The smallest absolute Gasteiger partial charge is 0.240 e. The lowest BCUT2D eigenvalue weighted by Crippen LogP contribution is -2.32. The van der Waals surface area contributed by atoms with Gasteiger partial charge in [0.25, 0.3) is 0 Å². The van der Waals surface area contributed by atoms with Gasteiger partial charge in [0.15, 0.2) is 0 Å². The quantitative estimate of drug-likeness (QED) is 0.765. The number of nitrogens with zero attached hydrogens (tertiary/aromatic N) is 3. The summed E-state index contributed by atoms with van der Waals surface area (Å²) >= 11 is 2.80. The maximum atomic E-state index is 11.8. The van der Waals surface area contributed by atoms with Crippen molar-refractivity contribution >= 4 is 34.3 Å². The van der Waals surface area contributed by atoms with Gasteiger partial charge in [-0.1, -0.05) is 18.7 Å². The summed E-state index contributed by atoms with van der Waals surface area (Å²) in [5, 5.41) is 13.4. The number of aromatic nitrogens is 2. The number of rotatable bonds is 6. The summed E-state index contributed by atoms with van der Waals surface area (Å²) in [5.41, 5.74) is 0. The van der Waals surface area contributed by atoms with E-state index in [1.807, 2.05) is 4.90 Å². The van der Waals surface area contributed by atoms with Crippen LogP contribution in [-0.4, -0.2) is 56.8 Å². The van der Waals surface area contributed by atoms with Crippen LogP contribution in [0.15, 0.2) is 5.16 Å². The molecule has 106 valence electrons. The van der Waals surface area contributed by atoms with Gasteiger partial charge >= 0.3 is 0 Å². The molecule has 1 fully saturated rings. The minimum Gasteiger partial charge on any atom is -0.392 e. The van der Waals surface area contributed by atoms with Gasteiger partial charge in [-0.15, -0.1) is 0 Å². The van der Waals surface area contributed by atoms with Gasteiger partial charge in [0.1, 0.15) is 0 Å². The molecule has 2 heterocycles. The first kappa shape index (κ1) is 14.7. The Hall–Kier alpha value is -0.700. The van der Waals surface area contributed by atoms with E-state index in [4.69, 9.17) is 0 Å². The van der Waals surface area contributed by atoms with Crippen LogP contribution in [0.1, 0.15) is 19.8 Å². The number of anilines is 1. The van der Waals surface area contributed by atoms with Crippen molar-refractivity contribution < 1.29 is 9.90 Å². The number of aliphatic hydroxyl groups is 1. The fourth-order valence-electron chi connectivity index (χ4n) is 1.83. The van der Waals surface area contributed by atoms with Crippen molar-refractivity contribution in [2.75, 3.05) is 30.7 Å².